The number of hydrogen-bond acceptors (Lipinski definition) is 3. The molecule has 0 saturated carbocycles. The summed E-state index contributed by atoms with van der Waals surface area (Å²) in [5.74, 6) is 0. The maximum Gasteiger partial charge on any atom is 0.433 e. The Hall–Kier alpha value is -2.15. The van der Waals surface area contributed by atoms with E-state index in [4.69, 9.17) is 0 Å². The van der Waals surface area contributed by atoms with Crippen LogP contribution in [0, 0.1) is 0 Å². The van der Waals surface area contributed by atoms with Crippen molar-refractivity contribution in [2.45, 2.75) is 6.18 Å². The van der Waals surface area contributed by atoms with E-state index >= 15 is 0 Å². The van der Waals surface area contributed by atoms with Crippen molar-refractivity contribution in [1.82, 2.24) is 9.97 Å². The van der Waals surface area contributed by atoms with Gasteiger partial charge in [0, 0.05) is 21.9 Å². The quantitative estimate of drug-likeness (QED) is 0.744. The van der Waals surface area contributed by atoms with Crippen LogP contribution < -0.4 is 5.56 Å². The van der Waals surface area contributed by atoms with E-state index in [2.05, 4.69) is 9.97 Å². The second-order valence-electron chi connectivity index (χ2n) is 4.11. The topological polar surface area (TPSA) is 45.8 Å². The van der Waals surface area contributed by atoms with Crippen molar-refractivity contribution in [3.8, 4) is 10.4 Å². The lowest BCUT2D eigenvalue weighted by molar-refractivity contribution is -0.140. The number of hydrogen-bond donors (Lipinski definition) is 1. The zero-order valence-corrected chi connectivity index (χ0v) is 10.7. The van der Waals surface area contributed by atoms with Crippen LogP contribution in [0.25, 0.3) is 21.5 Å². The molecule has 102 valence electrons. The minimum atomic E-state index is -4.56. The van der Waals surface area contributed by atoms with Gasteiger partial charge in [-0.1, -0.05) is 6.07 Å². The molecule has 0 radical (unpaired) electrons. The van der Waals surface area contributed by atoms with Gasteiger partial charge in [-0.15, -0.1) is 11.3 Å². The average molecular weight is 296 g/mol. The SMILES string of the molecule is O=c1ccc2c(-c3cccs3)cc(C(F)(F)F)nc2[nH]1. The van der Waals surface area contributed by atoms with E-state index < -0.39 is 17.4 Å². The molecule has 0 fully saturated rings. The molecular formula is C13H7F3N2OS. The van der Waals surface area contributed by atoms with Crippen molar-refractivity contribution in [3.63, 3.8) is 0 Å². The van der Waals surface area contributed by atoms with Gasteiger partial charge < -0.3 is 4.98 Å². The van der Waals surface area contributed by atoms with Gasteiger partial charge in [-0.2, -0.15) is 13.2 Å². The maximum absolute atomic E-state index is 12.9. The van der Waals surface area contributed by atoms with E-state index in [-0.39, 0.29) is 5.65 Å². The Morgan fingerprint density at radius 3 is 2.65 bits per heavy atom. The number of pyridine rings is 2. The fraction of sp³-hybridized carbons (Fsp3) is 0.0769. The van der Waals surface area contributed by atoms with Crippen LogP contribution in [0.3, 0.4) is 0 Å². The summed E-state index contributed by atoms with van der Waals surface area (Å²) in [5, 5.41) is 2.26. The molecule has 0 atom stereocenters. The molecule has 0 aromatic carbocycles. The highest BCUT2D eigenvalue weighted by atomic mass is 32.1. The first kappa shape index (κ1) is 12.9. The van der Waals surface area contributed by atoms with E-state index in [0.29, 0.717) is 15.8 Å². The van der Waals surface area contributed by atoms with Gasteiger partial charge in [0.25, 0.3) is 0 Å². The van der Waals surface area contributed by atoms with Crippen LogP contribution in [0.2, 0.25) is 0 Å². The lowest BCUT2D eigenvalue weighted by atomic mass is 10.1. The van der Waals surface area contributed by atoms with Crippen molar-refractivity contribution >= 4 is 22.4 Å². The largest absolute Gasteiger partial charge is 0.433 e. The minimum Gasteiger partial charge on any atom is -0.307 e. The highest BCUT2D eigenvalue weighted by Crippen LogP contribution is 2.35. The number of halogens is 3. The highest BCUT2D eigenvalue weighted by Gasteiger charge is 2.33. The Kier molecular flexibility index (Phi) is 2.86. The van der Waals surface area contributed by atoms with Crippen LogP contribution in [-0.2, 0) is 6.18 Å². The first-order valence-electron chi connectivity index (χ1n) is 5.60. The van der Waals surface area contributed by atoms with Crippen molar-refractivity contribution in [1.29, 1.82) is 0 Å². The van der Waals surface area contributed by atoms with E-state index in [0.717, 1.165) is 6.07 Å². The van der Waals surface area contributed by atoms with Gasteiger partial charge in [-0.05, 0) is 23.6 Å². The molecule has 20 heavy (non-hydrogen) atoms. The molecule has 1 N–H and O–H groups in total. The zero-order chi connectivity index (χ0) is 14.3. The molecule has 0 spiro atoms. The monoisotopic (exact) mass is 296 g/mol. The molecule has 3 nitrogen and oxygen atoms in total. The lowest BCUT2D eigenvalue weighted by Crippen LogP contribution is -2.11. The van der Waals surface area contributed by atoms with Gasteiger partial charge in [-0.25, -0.2) is 4.98 Å². The van der Waals surface area contributed by atoms with Crippen LogP contribution in [0.1, 0.15) is 5.69 Å². The molecule has 3 heterocycles. The van der Waals surface area contributed by atoms with Gasteiger partial charge in [0.2, 0.25) is 5.56 Å². The standard InChI is InChI=1S/C13H7F3N2OS/c14-13(15,16)10-6-8(9-2-1-5-20-9)7-3-4-11(19)18-12(7)17-10/h1-6H,(H,17,18,19). The van der Waals surface area contributed by atoms with Crippen LogP contribution >= 0.6 is 11.3 Å². The lowest BCUT2D eigenvalue weighted by Gasteiger charge is -2.10. The highest BCUT2D eigenvalue weighted by molar-refractivity contribution is 7.13. The van der Waals surface area contributed by atoms with E-state index in [1.165, 1.54) is 23.5 Å². The van der Waals surface area contributed by atoms with Crippen molar-refractivity contribution < 1.29 is 13.2 Å². The Bertz CT molecular complexity index is 822. The predicted octanol–water partition coefficient (Wildman–Crippen LogP) is 3.67. The second kappa shape index (κ2) is 4.45. The number of aromatic amines is 1. The van der Waals surface area contributed by atoms with Crippen LogP contribution in [-0.4, -0.2) is 9.97 Å². The van der Waals surface area contributed by atoms with Crippen LogP contribution in [0.4, 0.5) is 13.2 Å². The summed E-state index contributed by atoms with van der Waals surface area (Å²) in [6.45, 7) is 0. The number of nitrogens with one attached hydrogen (secondary N) is 1. The average Bonchev–Trinajstić information content (AvgIpc) is 2.89. The smallest absolute Gasteiger partial charge is 0.307 e. The predicted molar refractivity (Wildman–Crippen MR) is 70.7 cm³/mol. The molecule has 0 unspecified atom stereocenters. The van der Waals surface area contributed by atoms with E-state index in [1.54, 1.807) is 17.5 Å². The van der Waals surface area contributed by atoms with Crippen LogP contribution in [0.15, 0.2) is 40.5 Å². The third-order valence-electron chi connectivity index (χ3n) is 2.78. The minimum absolute atomic E-state index is 0.0595. The van der Waals surface area contributed by atoms with E-state index in [9.17, 15) is 18.0 Å². The van der Waals surface area contributed by atoms with Gasteiger partial charge in [0.1, 0.15) is 11.3 Å². The van der Waals surface area contributed by atoms with Crippen molar-refractivity contribution in [2.24, 2.45) is 0 Å². The normalized spacial score (nSPS) is 11.9. The number of aromatic nitrogens is 2. The number of H-pyrrole nitrogens is 1. The third kappa shape index (κ3) is 2.20. The Labute approximate surface area is 114 Å². The van der Waals surface area contributed by atoms with E-state index in [1.807, 2.05) is 0 Å². The summed E-state index contributed by atoms with van der Waals surface area (Å²) in [5.41, 5.74) is -1.15. The summed E-state index contributed by atoms with van der Waals surface area (Å²) in [4.78, 5) is 17.8. The molecule has 0 aliphatic carbocycles. The molecule has 3 rings (SSSR count). The molecule has 7 heteroatoms. The molecule has 0 aliphatic rings. The molecule has 0 bridgehead atoms. The number of thiophene rings is 1. The summed E-state index contributed by atoms with van der Waals surface area (Å²) < 4.78 is 38.7. The first-order chi connectivity index (χ1) is 9.45. The number of fused-ring (bicyclic) bond motifs is 1. The van der Waals surface area contributed by atoms with Crippen molar-refractivity contribution in [3.05, 3.63) is 51.8 Å². The summed E-state index contributed by atoms with van der Waals surface area (Å²) >= 11 is 1.33. The van der Waals surface area contributed by atoms with Crippen molar-refractivity contribution in [2.75, 3.05) is 0 Å². The fourth-order valence-electron chi connectivity index (χ4n) is 1.92. The first-order valence-corrected chi connectivity index (χ1v) is 6.48. The molecular weight excluding hydrogens is 289 g/mol. The Morgan fingerprint density at radius 2 is 2.00 bits per heavy atom. The second-order valence-corrected chi connectivity index (χ2v) is 5.06. The molecule has 0 saturated heterocycles. The number of rotatable bonds is 1. The summed E-state index contributed by atoms with van der Waals surface area (Å²) in [7, 11) is 0. The summed E-state index contributed by atoms with van der Waals surface area (Å²) in [6, 6.07) is 7.24. The molecule has 3 aromatic heterocycles. The Balaban J connectivity index is 2.39. The maximum atomic E-state index is 12.9. The molecule has 0 amide bonds. The van der Waals surface area contributed by atoms with Gasteiger partial charge in [0.05, 0.1) is 0 Å². The van der Waals surface area contributed by atoms with Gasteiger partial charge in [0.15, 0.2) is 0 Å². The zero-order valence-electron chi connectivity index (χ0n) is 9.86. The molecule has 0 aliphatic heterocycles. The van der Waals surface area contributed by atoms with Gasteiger partial charge >= 0.3 is 6.18 Å². The van der Waals surface area contributed by atoms with Gasteiger partial charge in [-0.3, -0.25) is 4.79 Å². The number of alkyl halides is 3. The van der Waals surface area contributed by atoms with Crippen LogP contribution in [0.5, 0.6) is 0 Å². The molecule has 3 aromatic rings. The number of nitrogens with zero attached hydrogens (tertiary/aromatic N) is 1. The Morgan fingerprint density at radius 1 is 1.20 bits per heavy atom. The fourth-order valence-corrected chi connectivity index (χ4v) is 2.67. The summed E-state index contributed by atoms with van der Waals surface area (Å²) in [6.07, 6.45) is -4.56. The third-order valence-corrected chi connectivity index (χ3v) is 3.68.